The van der Waals surface area contributed by atoms with E-state index in [0.717, 1.165) is 12.0 Å². The highest BCUT2D eigenvalue weighted by Gasteiger charge is 2.27. The van der Waals surface area contributed by atoms with E-state index in [4.69, 9.17) is 4.74 Å². The molecule has 2 aromatic carbocycles. The number of imide groups is 1. The van der Waals surface area contributed by atoms with Crippen LogP contribution in [0.5, 0.6) is 0 Å². The summed E-state index contributed by atoms with van der Waals surface area (Å²) in [4.78, 5) is 36.2. The molecule has 0 unspecified atom stereocenters. The quantitative estimate of drug-likeness (QED) is 0.730. The second-order valence-corrected chi connectivity index (χ2v) is 6.25. The molecule has 0 heterocycles. The second kappa shape index (κ2) is 10.1. The summed E-state index contributed by atoms with van der Waals surface area (Å²) in [6.07, 6.45) is 0.792. The molecule has 0 bridgehead atoms. The topological polar surface area (TPSA) is 84.5 Å². The summed E-state index contributed by atoms with van der Waals surface area (Å²) in [5.74, 6) is -1.56. The molecule has 0 saturated heterocycles. The maximum Gasteiger partial charge on any atom is 0.325 e. The number of benzene rings is 2. The molecule has 2 rings (SSSR count). The van der Waals surface area contributed by atoms with Gasteiger partial charge in [-0.3, -0.25) is 14.9 Å². The van der Waals surface area contributed by atoms with E-state index in [1.54, 1.807) is 24.3 Å². The fraction of sp³-hybridized carbons (Fsp3) is 0.286. The van der Waals surface area contributed by atoms with Crippen molar-refractivity contribution < 1.29 is 19.1 Å². The number of nitrogens with one attached hydrogen (secondary N) is 2. The average Bonchev–Trinajstić information content (AvgIpc) is 2.68. The number of amides is 3. The summed E-state index contributed by atoms with van der Waals surface area (Å²) < 4.78 is 5.16. The van der Waals surface area contributed by atoms with Gasteiger partial charge in [-0.05, 0) is 23.6 Å². The van der Waals surface area contributed by atoms with Gasteiger partial charge < -0.3 is 10.1 Å². The first-order chi connectivity index (χ1) is 13.0. The second-order valence-electron chi connectivity index (χ2n) is 6.25. The number of anilines is 1. The van der Waals surface area contributed by atoms with Gasteiger partial charge in [-0.15, -0.1) is 0 Å². The van der Waals surface area contributed by atoms with Crippen LogP contribution in [-0.2, 0) is 14.3 Å². The predicted octanol–water partition coefficient (Wildman–Crippen LogP) is 3.71. The zero-order valence-electron chi connectivity index (χ0n) is 15.5. The minimum absolute atomic E-state index is 0.0596. The van der Waals surface area contributed by atoms with Crippen molar-refractivity contribution in [2.75, 3.05) is 11.9 Å². The first-order valence-corrected chi connectivity index (χ1v) is 8.88. The van der Waals surface area contributed by atoms with Gasteiger partial charge in [0.2, 0.25) is 0 Å². The average molecular weight is 368 g/mol. The van der Waals surface area contributed by atoms with Crippen LogP contribution in [0.1, 0.15) is 31.7 Å². The van der Waals surface area contributed by atoms with Crippen molar-refractivity contribution in [2.24, 2.45) is 5.92 Å². The fourth-order valence-electron chi connectivity index (χ4n) is 2.67. The maximum absolute atomic E-state index is 12.5. The molecule has 2 N–H and O–H groups in total. The number of carbonyl (C=O) groups excluding carboxylic acids is 3. The normalized spacial score (nSPS) is 12.5. The highest BCUT2D eigenvalue weighted by Crippen LogP contribution is 2.28. The Hall–Kier alpha value is -3.15. The van der Waals surface area contributed by atoms with Crippen molar-refractivity contribution >= 4 is 23.6 Å². The molecule has 0 saturated carbocycles. The van der Waals surface area contributed by atoms with Gasteiger partial charge in [0.25, 0.3) is 5.91 Å². The monoisotopic (exact) mass is 368 g/mol. The molecule has 0 spiro atoms. The zero-order valence-corrected chi connectivity index (χ0v) is 15.5. The third kappa shape index (κ3) is 6.26. The Morgan fingerprint density at radius 2 is 1.56 bits per heavy atom. The first kappa shape index (κ1) is 20.2. The molecule has 142 valence electrons. The van der Waals surface area contributed by atoms with E-state index in [1.165, 1.54) is 0 Å². The molecule has 27 heavy (non-hydrogen) atoms. The van der Waals surface area contributed by atoms with Crippen LogP contribution in [0, 0.1) is 5.92 Å². The molecule has 0 aliphatic heterocycles. The molecular formula is C21H24N2O4. The molecule has 0 radical (unpaired) electrons. The molecule has 6 heteroatoms. The number of carbonyl (C=O) groups is 3. The lowest BCUT2D eigenvalue weighted by molar-refractivity contribution is -0.151. The molecule has 0 aromatic heterocycles. The van der Waals surface area contributed by atoms with Gasteiger partial charge in [-0.25, -0.2) is 4.79 Å². The lowest BCUT2D eigenvalue weighted by Gasteiger charge is -2.21. The van der Waals surface area contributed by atoms with E-state index >= 15 is 0 Å². The first-order valence-electron chi connectivity index (χ1n) is 8.88. The Balaban J connectivity index is 1.88. The number of urea groups is 1. The van der Waals surface area contributed by atoms with Crippen LogP contribution in [0.25, 0.3) is 0 Å². The maximum atomic E-state index is 12.5. The largest absolute Gasteiger partial charge is 0.455 e. The highest BCUT2D eigenvalue weighted by atomic mass is 16.5. The molecule has 2 atom stereocenters. The number of para-hydroxylation sites is 1. The van der Waals surface area contributed by atoms with Crippen molar-refractivity contribution in [1.82, 2.24) is 5.32 Å². The van der Waals surface area contributed by atoms with Gasteiger partial charge >= 0.3 is 12.0 Å². The van der Waals surface area contributed by atoms with Crippen molar-refractivity contribution in [3.63, 3.8) is 0 Å². The number of rotatable bonds is 7. The fourth-order valence-corrected chi connectivity index (χ4v) is 2.67. The minimum atomic E-state index is -0.687. The lowest BCUT2D eigenvalue weighted by atomic mass is 9.86. The Kier molecular flexibility index (Phi) is 7.55. The van der Waals surface area contributed by atoms with Crippen LogP contribution in [0.3, 0.4) is 0 Å². The van der Waals surface area contributed by atoms with Crippen molar-refractivity contribution in [3.05, 3.63) is 66.2 Å². The van der Waals surface area contributed by atoms with Crippen molar-refractivity contribution in [3.8, 4) is 0 Å². The van der Waals surface area contributed by atoms with Crippen LogP contribution in [0.15, 0.2) is 60.7 Å². The molecular weight excluding hydrogens is 344 g/mol. The lowest BCUT2D eigenvalue weighted by Crippen LogP contribution is -2.37. The molecule has 6 nitrogen and oxygen atoms in total. The standard InChI is InChI=1S/C21H24N2O4/c1-3-15(2)19(16-10-6-4-7-11-16)20(25)27-14-18(24)23-21(26)22-17-12-8-5-9-13-17/h4-13,15,19H,3,14H2,1-2H3,(H2,22,23,24,26)/t15-,19-/m1/s1. The van der Waals surface area contributed by atoms with Gasteiger partial charge in [0.05, 0.1) is 5.92 Å². The van der Waals surface area contributed by atoms with Crippen LogP contribution in [0.2, 0.25) is 0 Å². The van der Waals surface area contributed by atoms with Gasteiger partial charge in [-0.2, -0.15) is 0 Å². The third-order valence-corrected chi connectivity index (χ3v) is 4.26. The Morgan fingerprint density at radius 3 is 2.15 bits per heavy atom. The van der Waals surface area contributed by atoms with Gasteiger partial charge in [0.1, 0.15) is 0 Å². The van der Waals surface area contributed by atoms with Gasteiger partial charge in [0, 0.05) is 5.69 Å². The van der Waals surface area contributed by atoms with E-state index < -0.39 is 30.4 Å². The smallest absolute Gasteiger partial charge is 0.325 e. The highest BCUT2D eigenvalue weighted by molar-refractivity contribution is 6.01. The summed E-state index contributed by atoms with van der Waals surface area (Å²) >= 11 is 0. The molecule has 0 fully saturated rings. The minimum Gasteiger partial charge on any atom is -0.455 e. The van der Waals surface area contributed by atoms with Crippen LogP contribution >= 0.6 is 0 Å². The van der Waals surface area contributed by atoms with Crippen LogP contribution < -0.4 is 10.6 Å². The van der Waals surface area contributed by atoms with Crippen molar-refractivity contribution in [1.29, 1.82) is 0 Å². The Morgan fingerprint density at radius 1 is 0.963 bits per heavy atom. The van der Waals surface area contributed by atoms with E-state index in [9.17, 15) is 14.4 Å². The van der Waals surface area contributed by atoms with Crippen LogP contribution in [0.4, 0.5) is 10.5 Å². The summed E-state index contributed by atoms with van der Waals surface area (Å²) in [6.45, 7) is 3.45. The number of esters is 1. The summed E-state index contributed by atoms with van der Waals surface area (Å²) in [7, 11) is 0. The van der Waals surface area contributed by atoms with E-state index in [0.29, 0.717) is 5.69 Å². The van der Waals surface area contributed by atoms with Gasteiger partial charge in [-0.1, -0.05) is 68.8 Å². The summed E-state index contributed by atoms with van der Waals surface area (Å²) in [6, 6.07) is 17.4. The van der Waals surface area contributed by atoms with E-state index in [1.807, 2.05) is 50.2 Å². The number of hydrogen-bond acceptors (Lipinski definition) is 4. The molecule has 0 aliphatic rings. The van der Waals surface area contributed by atoms with Crippen LogP contribution in [-0.4, -0.2) is 24.5 Å². The number of hydrogen-bond donors (Lipinski definition) is 2. The molecule has 0 aliphatic carbocycles. The van der Waals surface area contributed by atoms with E-state index in [2.05, 4.69) is 10.6 Å². The summed E-state index contributed by atoms with van der Waals surface area (Å²) in [5, 5.41) is 4.66. The van der Waals surface area contributed by atoms with E-state index in [-0.39, 0.29) is 5.92 Å². The SMILES string of the molecule is CC[C@@H](C)[C@@H](C(=O)OCC(=O)NC(=O)Nc1ccccc1)c1ccccc1. The third-order valence-electron chi connectivity index (χ3n) is 4.26. The zero-order chi connectivity index (χ0) is 19.6. The summed E-state index contributed by atoms with van der Waals surface area (Å²) in [5.41, 5.74) is 1.40. The Labute approximate surface area is 158 Å². The predicted molar refractivity (Wildman–Crippen MR) is 103 cm³/mol. The Bertz CT molecular complexity index is 762. The number of ether oxygens (including phenoxy) is 1. The van der Waals surface area contributed by atoms with Crippen molar-refractivity contribution in [2.45, 2.75) is 26.2 Å². The molecule has 2 aromatic rings. The van der Waals surface area contributed by atoms with Gasteiger partial charge in [0.15, 0.2) is 6.61 Å². The molecule has 3 amide bonds.